The number of aliphatic hydroxyl groups is 1. The van der Waals surface area contributed by atoms with Gasteiger partial charge in [0.25, 0.3) is 0 Å². The zero-order valence-corrected chi connectivity index (χ0v) is 26.7. The topological polar surface area (TPSA) is 105 Å². The van der Waals surface area contributed by atoms with Crippen LogP contribution < -0.4 is 5.32 Å². The highest BCUT2D eigenvalue weighted by Crippen LogP contribution is 2.43. The fourth-order valence-electron chi connectivity index (χ4n) is 3.64. The number of likely N-dealkylation sites (N-methyl/N-ethyl adjacent to an activating group) is 1. The molecule has 0 aromatic rings. The van der Waals surface area contributed by atoms with Crippen molar-refractivity contribution in [1.82, 2.24) is 5.32 Å². The highest BCUT2D eigenvalue weighted by molar-refractivity contribution is 7.47. The van der Waals surface area contributed by atoms with Crippen LogP contribution in [-0.4, -0.2) is 73.4 Å². The van der Waals surface area contributed by atoms with Gasteiger partial charge in [-0.25, -0.2) is 4.57 Å². The largest absolute Gasteiger partial charge is 0.472 e. The van der Waals surface area contributed by atoms with Gasteiger partial charge in [-0.1, -0.05) is 94.6 Å². The Kier molecular flexibility index (Phi) is 23.2. The van der Waals surface area contributed by atoms with E-state index in [-0.39, 0.29) is 25.5 Å². The van der Waals surface area contributed by atoms with Crippen LogP contribution in [0, 0.1) is 0 Å². The number of phosphoric acid groups is 1. The third-order valence-corrected chi connectivity index (χ3v) is 7.09. The molecule has 3 N–H and O–H groups in total. The summed E-state index contributed by atoms with van der Waals surface area (Å²) < 4.78 is 23.2. The van der Waals surface area contributed by atoms with Crippen LogP contribution in [0.3, 0.4) is 0 Å². The van der Waals surface area contributed by atoms with Crippen LogP contribution in [0.2, 0.25) is 0 Å². The summed E-state index contributed by atoms with van der Waals surface area (Å²) in [6, 6.07) is -0.793. The molecule has 0 aromatic heterocycles. The van der Waals surface area contributed by atoms with Gasteiger partial charge < -0.3 is 19.8 Å². The van der Waals surface area contributed by atoms with E-state index in [0.29, 0.717) is 23.9 Å². The maximum atomic E-state index is 12.6. The van der Waals surface area contributed by atoms with Crippen molar-refractivity contribution in [2.45, 2.75) is 103 Å². The third kappa shape index (κ3) is 25.4. The lowest BCUT2D eigenvalue weighted by Gasteiger charge is -2.26. The second-order valence-corrected chi connectivity index (χ2v) is 12.5. The van der Waals surface area contributed by atoms with Crippen LogP contribution in [0.5, 0.6) is 0 Å². The molecule has 0 aliphatic rings. The van der Waals surface area contributed by atoms with Crippen LogP contribution >= 0.6 is 7.82 Å². The van der Waals surface area contributed by atoms with Crippen LogP contribution in [0.25, 0.3) is 0 Å². The molecule has 0 rings (SSSR count). The molecule has 40 heavy (non-hydrogen) atoms. The van der Waals surface area contributed by atoms with Crippen LogP contribution in [0.4, 0.5) is 0 Å². The number of unbranched alkanes of at least 4 members (excludes halogenated alkanes) is 4. The SMILES string of the molecule is CC/C=C\C/C=C\C/C=C\C/C=C\CCC(=O)NC(COP(=O)(O)OCC[N+](C)(C)C)C(O)CCCCCCC. The molecule has 0 aliphatic heterocycles. The summed E-state index contributed by atoms with van der Waals surface area (Å²) in [5, 5.41) is 13.5. The number of nitrogens with one attached hydrogen (secondary N) is 1. The van der Waals surface area contributed by atoms with Gasteiger partial charge in [-0.3, -0.25) is 13.8 Å². The first-order valence-corrected chi connectivity index (χ1v) is 16.5. The Morgan fingerprint density at radius 1 is 0.875 bits per heavy atom. The minimum atomic E-state index is -4.30. The lowest BCUT2D eigenvalue weighted by Crippen LogP contribution is -2.46. The molecule has 232 valence electrons. The minimum absolute atomic E-state index is 0.0587. The summed E-state index contributed by atoms with van der Waals surface area (Å²) in [5.74, 6) is -0.236. The predicted octanol–water partition coefficient (Wildman–Crippen LogP) is 6.62. The van der Waals surface area contributed by atoms with E-state index >= 15 is 0 Å². The van der Waals surface area contributed by atoms with E-state index in [9.17, 15) is 19.4 Å². The van der Waals surface area contributed by atoms with Crippen molar-refractivity contribution in [3.63, 3.8) is 0 Å². The quantitative estimate of drug-likeness (QED) is 0.0482. The number of carbonyl (C=O) groups excluding carboxylic acids is 1. The van der Waals surface area contributed by atoms with Crippen molar-refractivity contribution >= 4 is 13.7 Å². The molecular weight excluding hydrogens is 527 g/mol. The Balaban J connectivity index is 4.64. The average Bonchev–Trinajstić information content (AvgIpc) is 2.88. The minimum Gasteiger partial charge on any atom is -0.391 e. The number of amides is 1. The summed E-state index contributed by atoms with van der Waals surface area (Å²) >= 11 is 0. The number of hydrogen-bond acceptors (Lipinski definition) is 5. The van der Waals surface area contributed by atoms with Gasteiger partial charge in [0, 0.05) is 6.42 Å². The molecule has 3 unspecified atom stereocenters. The van der Waals surface area contributed by atoms with Gasteiger partial charge in [-0.15, -0.1) is 0 Å². The molecule has 3 atom stereocenters. The molecule has 0 radical (unpaired) electrons. The summed E-state index contributed by atoms with van der Waals surface area (Å²) in [6.45, 7) is 4.56. The summed E-state index contributed by atoms with van der Waals surface area (Å²) in [7, 11) is 1.55. The molecular formula is C31H58N2O6P+. The summed E-state index contributed by atoms with van der Waals surface area (Å²) in [4.78, 5) is 22.7. The average molecular weight is 586 g/mol. The second kappa shape index (κ2) is 24.1. The number of aliphatic hydroxyl groups excluding tert-OH is 1. The van der Waals surface area contributed by atoms with E-state index in [2.05, 4.69) is 55.6 Å². The molecule has 0 aromatic carbocycles. The third-order valence-electron chi connectivity index (χ3n) is 6.10. The van der Waals surface area contributed by atoms with Crippen molar-refractivity contribution in [2.24, 2.45) is 0 Å². The standard InChI is InChI=1S/C31H57N2O6P/c1-6-8-10-12-13-14-15-16-17-18-19-21-23-25-31(35)32-29(30(34)24-22-20-11-9-7-2)28-39-40(36,37)38-27-26-33(3,4)5/h8,10,13-14,16-17,19,21,29-30,34H,6-7,9,11-12,15,18,20,22-28H2,1-5H3,(H-,32,35,36,37)/p+1/b10-8-,14-13-,17-16-,21-19-. The van der Waals surface area contributed by atoms with E-state index < -0.39 is 20.0 Å². The van der Waals surface area contributed by atoms with E-state index in [1.807, 2.05) is 33.3 Å². The summed E-state index contributed by atoms with van der Waals surface area (Å²) in [5.41, 5.74) is 0. The molecule has 0 spiro atoms. The molecule has 0 saturated carbocycles. The molecule has 0 fully saturated rings. The van der Waals surface area contributed by atoms with Crippen LogP contribution in [-0.2, 0) is 18.4 Å². The smallest absolute Gasteiger partial charge is 0.391 e. The first kappa shape index (κ1) is 38.5. The number of quaternary nitrogens is 1. The van der Waals surface area contributed by atoms with Gasteiger partial charge in [-0.2, -0.15) is 0 Å². The maximum absolute atomic E-state index is 12.6. The molecule has 8 nitrogen and oxygen atoms in total. The molecule has 1 amide bonds. The second-order valence-electron chi connectivity index (χ2n) is 11.1. The van der Waals surface area contributed by atoms with Gasteiger partial charge in [0.1, 0.15) is 13.2 Å². The van der Waals surface area contributed by atoms with Gasteiger partial charge in [-0.05, 0) is 38.5 Å². The Hall–Kier alpha value is -1.54. The Morgan fingerprint density at radius 3 is 2.02 bits per heavy atom. The van der Waals surface area contributed by atoms with E-state index in [1.165, 1.54) is 0 Å². The first-order valence-electron chi connectivity index (χ1n) is 15.0. The lowest BCUT2D eigenvalue weighted by molar-refractivity contribution is -0.870. The van der Waals surface area contributed by atoms with Crippen LogP contribution in [0.1, 0.15) is 90.9 Å². The summed E-state index contributed by atoms with van der Waals surface area (Å²) in [6.07, 6.45) is 26.2. The van der Waals surface area contributed by atoms with Crippen molar-refractivity contribution < 1.29 is 32.9 Å². The monoisotopic (exact) mass is 585 g/mol. The fourth-order valence-corrected chi connectivity index (χ4v) is 4.38. The number of rotatable bonds is 25. The normalized spacial score (nSPS) is 15.9. The van der Waals surface area contributed by atoms with Gasteiger partial charge >= 0.3 is 7.82 Å². The number of carbonyl (C=O) groups is 1. The van der Waals surface area contributed by atoms with Crippen molar-refractivity contribution in [1.29, 1.82) is 0 Å². The van der Waals surface area contributed by atoms with Crippen molar-refractivity contribution in [3.05, 3.63) is 48.6 Å². The molecule has 0 bridgehead atoms. The van der Waals surface area contributed by atoms with Gasteiger partial charge in [0.05, 0.1) is 39.9 Å². The lowest BCUT2D eigenvalue weighted by atomic mass is 10.0. The highest BCUT2D eigenvalue weighted by Gasteiger charge is 2.28. The van der Waals surface area contributed by atoms with Crippen LogP contribution in [0.15, 0.2) is 48.6 Å². The number of phosphoric ester groups is 1. The van der Waals surface area contributed by atoms with E-state index in [4.69, 9.17) is 9.05 Å². The Morgan fingerprint density at radius 2 is 1.45 bits per heavy atom. The molecule has 9 heteroatoms. The molecule has 0 aliphatic carbocycles. The maximum Gasteiger partial charge on any atom is 0.472 e. The van der Waals surface area contributed by atoms with Crippen molar-refractivity contribution in [3.8, 4) is 0 Å². The van der Waals surface area contributed by atoms with Crippen molar-refractivity contribution in [2.75, 3.05) is 40.9 Å². The number of hydrogen-bond donors (Lipinski definition) is 3. The Labute approximate surface area is 244 Å². The van der Waals surface area contributed by atoms with E-state index in [1.54, 1.807) is 0 Å². The highest BCUT2D eigenvalue weighted by atomic mass is 31.2. The van der Waals surface area contributed by atoms with Gasteiger partial charge in [0.2, 0.25) is 5.91 Å². The Bertz CT molecular complexity index is 804. The number of allylic oxidation sites excluding steroid dienone is 8. The predicted molar refractivity (Wildman–Crippen MR) is 166 cm³/mol. The zero-order chi connectivity index (χ0) is 30.1. The number of nitrogens with zero attached hydrogens (tertiary/aromatic N) is 1. The van der Waals surface area contributed by atoms with E-state index in [0.717, 1.165) is 57.8 Å². The molecule has 0 heterocycles. The zero-order valence-electron chi connectivity index (χ0n) is 25.8. The molecule has 0 saturated heterocycles. The fraction of sp³-hybridized carbons (Fsp3) is 0.710. The van der Waals surface area contributed by atoms with Gasteiger partial charge in [0.15, 0.2) is 0 Å². The first-order chi connectivity index (χ1) is 19.0.